The van der Waals surface area contributed by atoms with Crippen LogP contribution in [0.1, 0.15) is 5.56 Å². The molecule has 2 aromatic carbocycles. The molecular weight excluding hydrogens is 281 g/mol. The molecule has 20 heavy (non-hydrogen) atoms. The minimum Gasteiger partial charge on any atom is -0.396 e. The van der Waals surface area contributed by atoms with E-state index in [-0.39, 0.29) is 10.6 Å². The van der Waals surface area contributed by atoms with Crippen LogP contribution < -0.4 is 16.2 Å². The van der Waals surface area contributed by atoms with Crippen molar-refractivity contribution in [3.05, 3.63) is 47.8 Å². The zero-order valence-electron chi connectivity index (χ0n) is 10.7. The van der Waals surface area contributed by atoms with Gasteiger partial charge in [-0.3, -0.25) is 0 Å². The van der Waals surface area contributed by atoms with Gasteiger partial charge in [-0.1, -0.05) is 12.1 Å². The normalized spacial score (nSPS) is 11.3. The quantitative estimate of drug-likeness (QED) is 0.755. The summed E-state index contributed by atoms with van der Waals surface area (Å²) in [6, 6.07) is 8.66. The number of rotatable bonds is 3. The van der Waals surface area contributed by atoms with Crippen LogP contribution in [0.3, 0.4) is 0 Å². The molecule has 0 aliphatic rings. The topological polar surface area (TPSA) is 98.2 Å². The SMILES string of the molecule is Cc1ccc(F)cc1Nc1cccc(S(N)(=O)=O)c1N. The van der Waals surface area contributed by atoms with Gasteiger partial charge in [0.2, 0.25) is 10.0 Å². The van der Waals surface area contributed by atoms with E-state index < -0.39 is 15.8 Å². The zero-order valence-corrected chi connectivity index (χ0v) is 11.5. The van der Waals surface area contributed by atoms with Crippen molar-refractivity contribution in [2.45, 2.75) is 11.8 Å². The summed E-state index contributed by atoms with van der Waals surface area (Å²) in [5.41, 5.74) is 7.44. The Hall–Kier alpha value is -2.12. The number of sulfonamides is 1. The Balaban J connectivity index is 2.47. The number of benzene rings is 2. The summed E-state index contributed by atoms with van der Waals surface area (Å²) < 4.78 is 36.0. The van der Waals surface area contributed by atoms with Crippen LogP contribution >= 0.6 is 0 Å². The summed E-state index contributed by atoms with van der Waals surface area (Å²) in [5.74, 6) is -0.403. The fraction of sp³-hybridized carbons (Fsp3) is 0.0769. The highest BCUT2D eigenvalue weighted by atomic mass is 32.2. The van der Waals surface area contributed by atoms with Gasteiger partial charge in [-0.2, -0.15) is 0 Å². The van der Waals surface area contributed by atoms with E-state index in [9.17, 15) is 12.8 Å². The molecule has 0 saturated heterocycles. The molecule has 0 saturated carbocycles. The van der Waals surface area contributed by atoms with E-state index in [4.69, 9.17) is 10.9 Å². The number of hydrogen-bond acceptors (Lipinski definition) is 4. The minimum atomic E-state index is -3.91. The van der Waals surface area contributed by atoms with E-state index in [0.29, 0.717) is 11.4 Å². The predicted molar refractivity (Wildman–Crippen MR) is 76.6 cm³/mol. The number of para-hydroxylation sites is 1. The fourth-order valence-corrected chi connectivity index (χ4v) is 2.46. The number of primary sulfonamides is 1. The van der Waals surface area contributed by atoms with Crippen LogP contribution in [0.15, 0.2) is 41.3 Å². The maximum atomic E-state index is 13.2. The van der Waals surface area contributed by atoms with Crippen molar-refractivity contribution in [3.8, 4) is 0 Å². The molecule has 0 amide bonds. The lowest BCUT2D eigenvalue weighted by molar-refractivity contribution is 0.598. The molecule has 0 atom stereocenters. The molecule has 0 radical (unpaired) electrons. The summed E-state index contributed by atoms with van der Waals surface area (Å²) >= 11 is 0. The second kappa shape index (κ2) is 5.10. The van der Waals surface area contributed by atoms with Gasteiger partial charge in [0.05, 0.1) is 11.4 Å². The summed E-state index contributed by atoms with van der Waals surface area (Å²) in [5, 5.41) is 7.99. The van der Waals surface area contributed by atoms with Gasteiger partial charge < -0.3 is 11.1 Å². The largest absolute Gasteiger partial charge is 0.396 e. The minimum absolute atomic E-state index is 0.00124. The van der Waals surface area contributed by atoms with Gasteiger partial charge >= 0.3 is 0 Å². The zero-order chi connectivity index (χ0) is 14.9. The Kier molecular flexibility index (Phi) is 3.65. The van der Waals surface area contributed by atoms with Gasteiger partial charge in [0.15, 0.2) is 0 Å². The van der Waals surface area contributed by atoms with Crippen LogP contribution in [0.5, 0.6) is 0 Å². The van der Waals surface area contributed by atoms with Gasteiger partial charge in [0, 0.05) is 5.69 Å². The molecule has 106 valence electrons. The molecule has 0 aromatic heterocycles. The van der Waals surface area contributed by atoms with Gasteiger partial charge in [-0.05, 0) is 36.8 Å². The molecule has 7 heteroatoms. The van der Waals surface area contributed by atoms with Crippen LogP contribution in [0.25, 0.3) is 0 Å². The van der Waals surface area contributed by atoms with Crippen LogP contribution in [0.2, 0.25) is 0 Å². The summed E-state index contributed by atoms with van der Waals surface area (Å²) in [6.07, 6.45) is 0. The summed E-state index contributed by atoms with van der Waals surface area (Å²) in [7, 11) is -3.91. The molecule has 0 fully saturated rings. The molecule has 2 aromatic rings. The standard InChI is InChI=1S/C13H14FN3O2S/c1-8-5-6-9(14)7-11(8)17-10-3-2-4-12(13(10)15)20(16,18)19/h2-7,17H,15H2,1H3,(H2,16,18,19). The third-order valence-electron chi connectivity index (χ3n) is 2.84. The van der Waals surface area contributed by atoms with Gasteiger partial charge in [0.1, 0.15) is 10.7 Å². The third kappa shape index (κ3) is 2.89. The van der Waals surface area contributed by atoms with E-state index in [1.807, 2.05) is 0 Å². The molecule has 0 unspecified atom stereocenters. The first kappa shape index (κ1) is 14.3. The molecule has 0 spiro atoms. The van der Waals surface area contributed by atoms with Crippen LogP contribution in [-0.4, -0.2) is 8.42 Å². The maximum Gasteiger partial charge on any atom is 0.240 e. The van der Waals surface area contributed by atoms with Crippen molar-refractivity contribution in [1.29, 1.82) is 0 Å². The molecule has 2 rings (SSSR count). The lowest BCUT2D eigenvalue weighted by atomic mass is 10.2. The Morgan fingerprint density at radius 1 is 1.15 bits per heavy atom. The Morgan fingerprint density at radius 3 is 2.50 bits per heavy atom. The van der Waals surface area contributed by atoms with Crippen molar-refractivity contribution < 1.29 is 12.8 Å². The summed E-state index contributed by atoms with van der Waals surface area (Å²) in [6.45, 7) is 1.79. The molecule has 0 bridgehead atoms. The second-order valence-corrected chi connectivity index (χ2v) is 5.88. The van der Waals surface area contributed by atoms with Crippen LogP contribution in [-0.2, 0) is 10.0 Å². The fourth-order valence-electron chi connectivity index (χ4n) is 1.78. The van der Waals surface area contributed by atoms with E-state index in [1.54, 1.807) is 19.1 Å². The number of aryl methyl sites for hydroxylation is 1. The van der Waals surface area contributed by atoms with Crippen LogP contribution in [0.4, 0.5) is 21.5 Å². The average Bonchev–Trinajstić information content (AvgIpc) is 2.35. The Morgan fingerprint density at radius 2 is 1.85 bits per heavy atom. The maximum absolute atomic E-state index is 13.2. The molecule has 0 aliphatic heterocycles. The van der Waals surface area contributed by atoms with Crippen molar-refractivity contribution >= 4 is 27.1 Å². The van der Waals surface area contributed by atoms with Crippen LogP contribution in [0, 0.1) is 12.7 Å². The highest BCUT2D eigenvalue weighted by molar-refractivity contribution is 7.89. The molecule has 5 nitrogen and oxygen atoms in total. The van der Waals surface area contributed by atoms with Crippen molar-refractivity contribution in [1.82, 2.24) is 0 Å². The van der Waals surface area contributed by atoms with E-state index in [0.717, 1.165) is 5.56 Å². The number of nitrogen functional groups attached to an aromatic ring is 1. The predicted octanol–water partition coefficient (Wildman–Crippen LogP) is 2.11. The Bertz CT molecular complexity index is 760. The third-order valence-corrected chi connectivity index (χ3v) is 3.81. The lowest BCUT2D eigenvalue weighted by Gasteiger charge is -2.13. The first-order valence-corrected chi connectivity index (χ1v) is 7.28. The molecule has 5 N–H and O–H groups in total. The number of nitrogens with one attached hydrogen (secondary N) is 1. The van der Waals surface area contributed by atoms with Crippen molar-refractivity contribution in [2.24, 2.45) is 5.14 Å². The number of anilines is 3. The van der Waals surface area contributed by atoms with E-state index in [2.05, 4.69) is 5.32 Å². The monoisotopic (exact) mass is 295 g/mol. The number of nitrogens with two attached hydrogens (primary N) is 2. The molecule has 0 aliphatic carbocycles. The Labute approximate surface area is 116 Å². The van der Waals surface area contributed by atoms with E-state index in [1.165, 1.54) is 24.3 Å². The average molecular weight is 295 g/mol. The molecular formula is C13H14FN3O2S. The lowest BCUT2D eigenvalue weighted by Crippen LogP contribution is -2.15. The van der Waals surface area contributed by atoms with Gasteiger partial charge in [-0.25, -0.2) is 17.9 Å². The van der Waals surface area contributed by atoms with E-state index >= 15 is 0 Å². The van der Waals surface area contributed by atoms with Crippen molar-refractivity contribution in [3.63, 3.8) is 0 Å². The van der Waals surface area contributed by atoms with Gasteiger partial charge in [-0.15, -0.1) is 0 Å². The first-order valence-electron chi connectivity index (χ1n) is 5.73. The van der Waals surface area contributed by atoms with Crippen molar-refractivity contribution in [2.75, 3.05) is 11.1 Å². The van der Waals surface area contributed by atoms with Gasteiger partial charge in [0.25, 0.3) is 0 Å². The summed E-state index contributed by atoms with van der Waals surface area (Å²) in [4.78, 5) is -0.170. The number of hydrogen-bond donors (Lipinski definition) is 3. The second-order valence-electron chi connectivity index (χ2n) is 4.35. The highest BCUT2D eigenvalue weighted by Crippen LogP contribution is 2.30. The smallest absolute Gasteiger partial charge is 0.240 e. The molecule has 0 heterocycles. The number of halogens is 1. The first-order chi connectivity index (χ1) is 9.29. The highest BCUT2D eigenvalue weighted by Gasteiger charge is 2.15.